The van der Waals surface area contributed by atoms with Gasteiger partial charge >= 0.3 is 0 Å². The van der Waals surface area contributed by atoms with Crippen LogP contribution in [0.5, 0.6) is 17.2 Å². The number of hydrogen-bond donors (Lipinski definition) is 2. The molecule has 8 nitrogen and oxygen atoms in total. The molecule has 0 spiro atoms. The van der Waals surface area contributed by atoms with Gasteiger partial charge in [0.05, 0.1) is 31.5 Å². The first-order valence-corrected chi connectivity index (χ1v) is 10.5. The lowest BCUT2D eigenvalue weighted by Gasteiger charge is -2.13. The van der Waals surface area contributed by atoms with E-state index in [-0.39, 0.29) is 6.42 Å². The molecule has 0 heterocycles. The second-order valence-electron chi connectivity index (χ2n) is 6.49. The summed E-state index contributed by atoms with van der Waals surface area (Å²) in [7, 11) is 3.09. The van der Waals surface area contributed by atoms with E-state index in [1.54, 1.807) is 43.5 Å². The summed E-state index contributed by atoms with van der Waals surface area (Å²) in [6.45, 7) is 2.68. The summed E-state index contributed by atoms with van der Waals surface area (Å²) in [5.41, 5.74) is 3.57. The summed E-state index contributed by atoms with van der Waals surface area (Å²) in [5, 5.41) is 6.55. The lowest BCUT2D eigenvalue weighted by Crippen LogP contribution is -2.24. The second kappa shape index (κ2) is 12.6. The molecule has 2 rings (SSSR count). The third-order valence-corrected chi connectivity index (χ3v) is 4.66. The largest absolute Gasteiger partial charge is 0.497 e. The molecule has 2 amide bonds. The Labute approximate surface area is 190 Å². The van der Waals surface area contributed by atoms with Gasteiger partial charge in [-0.3, -0.25) is 9.59 Å². The Bertz CT molecular complexity index is 933. The first-order chi connectivity index (χ1) is 15.0. The number of benzene rings is 2. The van der Waals surface area contributed by atoms with Gasteiger partial charge in [-0.2, -0.15) is 5.10 Å². The molecule has 0 bridgehead atoms. The summed E-state index contributed by atoms with van der Waals surface area (Å²) in [4.78, 5) is 24.0. The normalized spacial score (nSPS) is 10.6. The zero-order valence-corrected chi connectivity index (χ0v) is 19.3. The number of rotatable bonds is 11. The number of hydrazone groups is 1. The van der Waals surface area contributed by atoms with E-state index >= 15 is 0 Å². The highest BCUT2D eigenvalue weighted by Gasteiger charge is 2.12. The Morgan fingerprint density at radius 2 is 1.94 bits per heavy atom. The summed E-state index contributed by atoms with van der Waals surface area (Å²) >= 11 is 3.47. The smallest absolute Gasteiger partial charge is 0.249 e. The van der Waals surface area contributed by atoms with E-state index in [2.05, 4.69) is 38.7 Å². The average molecular weight is 492 g/mol. The Morgan fingerprint density at radius 3 is 2.65 bits per heavy atom. The monoisotopic (exact) mass is 491 g/mol. The fourth-order valence-electron chi connectivity index (χ4n) is 2.54. The van der Waals surface area contributed by atoms with Crippen molar-refractivity contribution in [2.24, 2.45) is 5.10 Å². The van der Waals surface area contributed by atoms with Crippen molar-refractivity contribution in [2.45, 2.75) is 26.2 Å². The van der Waals surface area contributed by atoms with Crippen LogP contribution in [0.1, 0.15) is 31.7 Å². The molecule has 0 atom stereocenters. The van der Waals surface area contributed by atoms with Gasteiger partial charge in [0.2, 0.25) is 11.8 Å². The van der Waals surface area contributed by atoms with Gasteiger partial charge in [-0.15, -0.1) is 0 Å². The fraction of sp³-hybridized carbons (Fsp3) is 0.318. The standard InChI is InChI=1S/C22H26BrN3O5/c1-4-5-9-31-22-18(23)10-15(11-19(22)30-3)14-24-26-21(28)13-20(27)25-16-7-6-8-17(12-16)29-2/h6-8,10-12,14H,4-5,9,13H2,1-3H3,(H,25,27)(H,26,28). The number of nitrogens with one attached hydrogen (secondary N) is 2. The van der Waals surface area contributed by atoms with Gasteiger partial charge in [-0.25, -0.2) is 5.43 Å². The van der Waals surface area contributed by atoms with Gasteiger partial charge < -0.3 is 19.5 Å². The zero-order valence-electron chi connectivity index (χ0n) is 17.7. The molecular weight excluding hydrogens is 466 g/mol. The first kappa shape index (κ1) is 24.2. The van der Waals surface area contributed by atoms with Gasteiger partial charge in [-0.1, -0.05) is 19.4 Å². The molecule has 0 aliphatic heterocycles. The third kappa shape index (κ3) is 7.93. The number of amides is 2. The topological polar surface area (TPSA) is 98.2 Å². The molecule has 0 radical (unpaired) electrons. The lowest BCUT2D eigenvalue weighted by molar-refractivity contribution is -0.126. The van der Waals surface area contributed by atoms with Crippen molar-refractivity contribution in [1.29, 1.82) is 0 Å². The van der Waals surface area contributed by atoms with E-state index in [9.17, 15) is 9.59 Å². The summed E-state index contributed by atoms with van der Waals surface area (Å²) < 4.78 is 17.0. The number of methoxy groups -OCH3 is 2. The fourth-order valence-corrected chi connectivity index (χ4v) is 3.12. The number of ether oxygens (including phenoxy) is 3. The molecule has 2 N–H and O–H groups in total. The number of carbonyl (C=O) groups is 2. The maximum absolute atomic E-state index is 12.0. The van der Waals surface area contributed by atoms with Crippen LogP contribution >= 0.6 is 15.9 Å². The third-order valence-electron chi connectivity index (χ3n) is 4.07. The van der Waals surface area contributed by atoms with Crippen molar-refractivity contribution in [1.82, 2.24) is 5.43 Å². The maximum Gasteiger partial charge on any atom is 0.249 e. The van der Waals surface area contributed by atoms with E-state index in [1.807, 2.05) is 0 Å². The SMILES string of the molecule is CCCCOc1c(Br)cc(C=NNC(=O)CC(=O)Nc2cccc(OC)c2)cc1OC. The number of carbonyl (C=O) groups excluding carboxylic acids is 2. The van der Waals surface area contributed by atoms with Crippen LogP contribution in [0, 0.1) is 0 Å². The van der Waals surface area contributed by atoms with Gasteiger partial charge in [0, 0.05) is 11.8 Å². The Kier molecular flexibility index (Phi) is 9.83. The summed E-state index contributed by atoms with van der Waals surface area (Å²) in [5.74, 6) is 0.777. The van der Waals surface area contributed by atoms with Crippen LogP contribution in [0.2, 0.25) is 0 Å². The predicted molar refractivity (Wildman–Crippen MR) is 123 cm³/mol. The van der Waals surface area contributed by atoms with E-state index in [0.717, 1.165) is 12.8 Å². The van der Waals surface area contributed by atoms with Crippen molar-refractivity contribution >= 4 is 39.6 Å². The van der Waals surface area contributed by atoms with Crippen molar-refractivity contribution < 1.29 is 23.8 Å². The van der Waals surface area contributed by atoms with Gasteiger partial charge in [0.1, 0.15) is 12.2 Å². The first-order valence-electron chi connectivity index (χ1n) is 9.73. The van der Waals surface area contributed by atoms with Crippen LogP contribution in [0.25, 0.3) is 0 Å². The minimum Gasteiger partial charge on any atom is -0.497 e. The molecule has 0 aliphatic carbocycles. The van der Waals surface area contributed by atoms with Crippen LogP contribution in [-0.4, -0.2) is 38.9 Å². The van der Waals surface area contributed by atoms with Crippen LogP contribution in [-0.2, 0) is 9.59 Å². The van der Waals surface area contributed by atoms with Crippen molar-refractivity contribution in [2.75, 3.05) is 26.1 Å². The van der Waals surface area contributed by atoms with Gasteiger partial charge in [-0.05, 0) is 52.2 Å². The van der Waals surface area contributed by atoms with Crippen molar-refractivity contribution in [3.05, 3.63) is 46.4 Å². The molecule has 0 aliphatic rings. The molecule has 2 aromatic carbocycles. The van der Waals surface area contributed by atoms with Crippen LogP contribution in [0.15, 0.2) is 46.0 Å². The Hall–Kier alpha value is -3.07. The maximum atomic E-state index is 12.0. The van der Waals surface area contributed by atoms with E-state index in [1.165, 1.54) is 13.3 Å². The summed E-state index contributed by atoms with van der Waals surface area (Å²) in [6, 6.07) is 10.4. The Morgan fingerprint density at radius 1 is 1.13 bits per heavy atom. The highest BCUT2D eigenvalue weighted by Crippen LogP contribution is 2.36. The molecular formula is C22H26BrN3O5. The van der Waals surface area contributed by atoms with Crippen molar-refractivity contribution in [3.63, 3.8) is 0 Å². The van der Waals surface area contributed by atoms with Crippen LogP contribution < -0.4 is 25.0 Å². The highest BCUT2D eigenvalue weighted by atomic mass is 79.9. The molecule has 31 heavy (non-hydrogen) atoms. The highest BCUT2D eigenvalue weighted by molar-refractivity contribution is 9.10. The Balaban J connectivity index is 1.91. The predicted octanol–water partition coefficient (Wildman–Crippen LogP) is 4.12. The average Bonchev–Trinajstić information content (AvgIpc) is 2.74. The quantitative estimate of drug-likeness (QED) is 0.213. The number of nitrogens with zero attached hydrogens (tertiary/aromatic N) is 1. The van der Waals surface area contributed by atoms with E-state index in [4.69, 9.17) is 14.2 Å². The minimum absolute atomic E-state index is 0.369. The zero-order chi connectivity index (χ0) is 22.6. The van der Waals surface area contributed by atoms with E-state index in [0.29, 0.717) is 39.6 Å². The molecule has 2 aromatic rings. The van der Waals surface area contributed by atoms with Crippen LogP contribution in [0.4, 0.5) is 5.69 Å². The van der Waals surface area contributed by atoms with Gasteiger partial charge in [0.15, 0.2) is 11.5 Å². The molecule has 0 fully saturated rings. The number of anilines is 1. The van der Waals surface area contributed by atoms with E-state index < -0.39 is 11.8 Å². The molecule has 0 unspecified atom stereocenters. The number of halogens is 1. The number of unbranched alkanes of at least 4 members (excludes halogenated alkanes) is 1. The molecule has 166 valence electrons. The molecule has 0 saturated heterocycles. The second-order valence-corrected chi connectivity index (χ2v) is 7.34. The van der Waals surface area contributed by atoms with Crippen LogP contribution in [0.3, 0.4) is 0 Å². The molecule has 9 heteroatoms. The van der Waals surface area contributed by atoms with Crippen molar-refractivity contribution in [3.8, 4) is 17.2 Å². The summed E-state index contributed by atoms with van der Waals surface area (Å²) in [6.07, 6.45) is 3.06. The minimum atomic E-state index is -0.540. The molecule has 0 aromatic heterocycles. The van der Waals surface area contributed by atoms with Gasteiger partial charge in [0.25, 0.3) is 0 Å². The lowest BCUT2D eigenvalue weighted by atomic mass is 10.2. The molecule has 0 saturated carbocycles. The number of hydrogen-bond acceptors (Lipinski definition) is 6.